The van der Waals surface area contributed by atoms with E-state index >= 15 is 0 Å². The molecule has 18 heavy (non-hydrogen) atoms. The normalized spacial score (nSPS) is 13.6. The summed E-state index contributed by atoms with van der Waals surface area (Å²) >= 11 is 0. The summed E-state index contributed by atoms with van der Waals surface area (Å²) in [5.74, 6) is 0. The Kier molecular flexibility index (Phi) is 3.53. The minimum Gasteiger partial charge on any atom is -0.392 e. The molecule has 0 bridgehead atoms. The van der Waals surface area contributed by atoms with Gasteiger partial charge in [0.15, 0.2) is 0 Å². The second kappa shape index (κ2) is 4.94. The lowest BCUT2D eigenvalue weighted by molar-refractivity contribution is 0.1000. The number of benzene rings is 1. The Labute approximate surface area is 108 Å². The van der Waals surface area contributed by atoms with Crippen LogP contribution in [0.25, 0.3) is 0 Å². The molecule has 3 nitrogen and oxygen atoms in total. The molecular formula is C15H20N2O. The first-order valence-electron chi connectivity index (χ1n) is 6.21. The van der Waals surface area contributed by atoms with E-state index in [1.807, 2.05) is 37.6 Å². The minimum absolute atomic E-state index is 0.267. The van der Waals surface area contributed by atoms with E-state index in [2.05, 4.69) is 31.1 Å². The number of hydrogen-bond donors (Lipinski definition) is 1. The molecule has 0 aliphatic heterocycles. The van der Waals surface area contributed by atoms with Crippen LogP contribution in [0.5, 0.6) is 0 Å². The summed E-state index contributed by atoms with van der Waals surface area (Å²) in [5, 5.41) is 14.6. The van der Waals surface area contributed by atoms with Gasteiger partial charge in [0.25, 0.3) is 0 Å². The van der Waals surface area contributed by atoms with E-state index < -0.39 is 6.10 Å². The molecule has 1 aromatic heterocycles. The van der Waals surface area contributed by atoms with E-state index in [9.17, 15) is 5.11 Å². The van der Waals surface area contributed by atoms with Gasteiger partial charge in [-0.15, -0.1) is 0 Å². The first kappa shape index (κ1) is 12.8. The maximum atomic E-state index is 10.5. The molecule has 2 rings (SSSR count). The highest BCUT2D eigenvalue weighted by Crippen LogP contribution is 2.28. The van der Waals surface area contributed by atoms with Crippen molar-refractivity contribution >= 4 is 0 Å². The summed E-state index contributed by atoms with van der Waals surface area (Å²) in [6.45, 7) is 4.15. The van der Waals surface area contributed by atoms with Crippen molar-refractivity contribution in [1.29, 1.82) is 0 Å². The van der Waals surface area contributed by atoms with Crippen LogP contribution >= 0.6 is 0 Å². The predicted octanol–water partition coefficient (Wildman–Crippen LogP) is 2.30. The van der Waals surface area contributed by atoms with Gasteiger partial charge < -0.3 is 5.11 Å². The SMILES string of the molecule is Cn1cc(CC(O)C(C)(C)c2ccccc2)cn1. The zero-order valence-electron chi connectivity index (χ0n) is 11.2. The average Bonchev–Trinajstić information content (AvgIpc) is 2.76. The topological polar surface area (TPSA) is 38.0 Å². The molecule has 96 valence electrons. The van der Waals surface area contributed by atoms with Crippen LogP contribution in [0.1, 0.15) is 25.0 Å². The Morgan fingerprint density at radius 1 is 1.28 bits per heavy atom. The van der Waals surface area contributed by atoms with Crippen molar-refractivity contribution in [1.82, 2.24) is 9.78 Å². The quantitative estimate of drug-likeness (QED) is 0.896. The van der Waals surface area contributed by atoms with Crippen molar-refractivity contribution < 1.29 is 5.11 Å². The van der Waals surface area contributed by atoms with E-state index in [-0.39, 0.29) is 5.41 Å². The Morgan fingerprint density at radius 2 is 1.94 bits per heavy atom. The lowest BCUT2D eigenvalue weighted by Crippen LogP contribution is -2.35. The highest BCUT2D eigenvalue weighted by atomic mass is 16.3. The fourth-order valence-corrected chi connectivity index (χ4v) is 2.12. The standard InChI is InChI=1S/C15H20N2O/c1-15(2,13-7-5-4-6-8-13)14(18)9-12-10-16-17(3)11-12/h4-8,10-11,14,18H,9H2,1-3H3. The molecule has 0 fully saturated rings. The molecule has 1 aromatic carbocycles. The average molecular weight is 244 g/mol. The summed E-state index contributed by atoms with van der Waals surface area (Å²) in [4.78, 5) is 0. The fraction of sp³-hybridized carbons (Fsp3) is 0.400. The van der Waals surface area contributed by atoms with Crippen LogP contribution in [0.3, 0.4) is 0 Å². The molecule has 0 aliphatic rings. The van der Waals surface area contributed by atoms with Crippen LogP contribution in [-0.4, -0.2) is 21.0 Å². The number of aryl methyl sites for hydroxylation is 1. The largest absolute Gasteiger partial charge is 0.392 e. The summed E-state index contributed by atoms with van der Waals surface area (Å²) in [6.07, 6.45) is 3.95. The first-order chi connectivity index (χ1) is 8.50. The number of hydrogen-bond acceptors (Lipinski definition) is 2. The highest BCUT2D eigenvalue weighted by molar-refractivity contribution is 5.26. The Hall–Kier alpha value is -1.61. The predicted molar refractivity (Wildman–Crippen MR) is 72.4 cm³/mol. The van der Waals surface area contributed by atoms with Gasteiger partial charge in [-0.3, -0.25) is 4.68 Å². The van der Waals surface area contributed by atoms with Crippen molar-refractivity contribution in [3.05, 3.63) is 53.9 Å². The van der Waals surface area contributed by atoms with Crippen molar-refractivity contribution in [2.24, 2.45) is 7.05 Å². The molecule has 1 heterocycles. The highest BCUT2D eigenvalue weighted by Gasteiger charge is 2.29. The van der Waals surface area contributed by atoms with Gasteiger partial charge in [-0.25, -0.2) is 0 Å². The van der Waals surface area contributed by atoms with Crippen LogP contribution in [0.4, 0.5) is 0 Å². The molecule has 0 aliphatic carbocycles. The Balaban J connectivity index is 2.15. The maximum Gasteiger partial charge on any atom is 0.0672 e. The third kappa shape index (κ3) is 2.62. The molecule has 0 spiro atoms. The fourth-order valence-electron chi connectivity index (χ4n) is 2.12. The lowest BCUT2D eigenvalue weighted by Gasteiger charge is -2.31. The number of nitrogens with zero attached hydrogens (tertiary/aromatic N) is 2. The van der Waals surface area contributed by atoms with Crippen molar-refractivity contribution in [3.8, 4) is 0 Å². The molecule has 0 amide bonds. The maximum absolute atomic E-state index is 10.5. The number of aromatic nitrogens is 2. The molecule has 0 radical (unpaired) electrons. The molecular weight excluding hydrogens is 224 g/mol. The second-order valence-electron chi connectivity index (χ2n) is 5.33. The van der Waals surface area contributed by atoms with Gasteiger partial charge in [0.05, 0.1) is 12.3 Å². The number of aliphatic hydroxyl groups is 1. The Bertz CT molecular complexity index is 502. The third-order valence-electron chi connectivity index (χ3n) is 3.54. The molecule has 2 aromatic rings. The summed E-state index contributed by atoms with van der Waals surface area (Å²) in [5.41, 5.74) is 1.95. The van der Waals surface area contributed by atoms with Crippen molar-refractivity contribution in [3.63, 3.8) is 0 Å². The van der Waals surface area contributed by atoms with Gasteiger partial charge in [-0.05, 0) is 11.1 Å². The first-order valence-corrected chi connectivity index (χ1v) is 6.21. The molecule has 1 unspecified atom stereocenters. The third-order valence-corrected chi connectivity index (χ3v) is 3.54. The van der Waals surface area contributed by atoms with Crippen LogP contribution in [-0.2, 0) is 18.9 Å². The van der Waals surface area contributed by atoms with Gasteiger partial charge in [-0.1, -0.05) is 44.2 Å². The van der Waals surface area contributed by atoms with E-state index in [0.717, 1.165) is 11.1 Å². The zero-order chi connectivity index (χ0) is 13.2. The Morgan fingerprint density at radius 3 is 2.50 bits per heavy atom. The van der Waals surface area contributed by atoms with Crippen LogP contribution in [0, 0.1) is 0 Å². The van der Waals surface area contributed by atoms with E-state index in [1.165, 1.54) is 0 Å². The molecule has 1 atom stereocenters. The number of rotatable bonds is 4. The van der Waals surface area contributed by atoms with Gasteiger partial charge in [0, 0.05) is 25.1 Å². The minimum atomic E-state index is -0.427. The zero-order valence-corrected chi connectivity index (χ0v) is 11.2. The van der Waals surface area contributed by atoms with Gasteiger partial charge in [-0.2, -0.15) is 5.10 Å². The molecule has 0 saturated heterocycles. The molecule has 1 N–H and O–H groups in total. The summed E-state index contributed by atoms with van der Waals surface area (Å²) in [6, 6.07) is 10.1. The van der Waals surface area contributed by atoms with E-state index in [4.69, 9.17) is 0 Å². The molecule has 3 heteroatoms. The van der Waals surface area contributed by atoms with Gasteiger partial charge in [0.1, 0.15) is 0 Å². The monoisotopic (exact) mass is 244 g/mol. The lowest BCUT2D eigenvalue weighted by atomic mass is 9.77. The van der Waals surface area contributed by atoms with Crippen LogP contribution in [0.2, 0.25) is 0 Å². The summed E-state index contributed by atoms with van der Waals surface area (Å²) < 4.78 is 1.76. The van der Waals surface area contributed by atoms with E-state index in [0.29, 0.717) is 6.42 Å². The summed E-state index contributed by atoms with van der Waals surface area (Å²) in [7, 11) is 1.89. The van der Waals surface area contributed by atoms with Gasteiger partial charge >= 0.3 is 0 Å². The molecule has 0 saturated carbocycles. The van der Waals surface area contributed by atoms with Crippen molar-refractivity contribution in [2.45, 2.75) is 31.8 Å². The second-order valence-corrected chi connectivity index (χ2v) is 5.33. The van der Waals surface area contributed by atoms with E-state index in [1.54, 1.807) is 4.68 Å². The number of aliphatic hydroxyl groups excluding tert-OH is 1. The van der Waals surface area contributed by atoms with Crippen LogP contribution in [0.15, 0.2) is 42.7 Å². The van der Waals surface area contributed by atoms with Crippen molar-refractivity contribution in [2.75, 3.05) is 0 Å². The van der Waals surface area contributed by atoms with Crippen LogP contribution < -0.4 is 0 Å². The smallest absolute Gasteiger partial charge is 0.0672 e. The van der Waals surface area contributed by atoms with Gasteiger partial charge in [0.2, 0.25) is 0 Å².